The van der Waals surface area contributed by atoms with Crippen molar-refractivity contribution < 1.29 is 22.4 Å². The van der Waals surface area contributed by atoms with Crippen LogP contribution >= 0.6 is 0 Å². The highest BCUT2D eigenvalue weighted by Crippen LogP contribution is 2.60. The van der Waals surface area contributed by atoms with Crippen LogP contribution in [0.15, 0.2) is 29.2 Å². The number of nitrogens with one attached hydrogen (secondary N) is 1. The molecule has 5 fully saturated rings. The highest BCUT2D eigenvalue weighted by molar-refractivity contribution is 7.89. The van der Waals surface area contributed by atoms with Crippen LogP contribution in [0.5, 0.6) is 0 Å². The van der Waals surface area contributed by atoms with E-state index >= 15 is 0 Å². The topological polar surface area (TPSA) is 86.8 Å². The molecule has 5 aliphatic rings. The smallest absolute Gasteiger partial charge is 0.243 e. The summed E-state index contributed by atoms with van der Waals surface area (Å²) in [6.07, 6.45) is 7.07. The van der Waals surface area contributed by atoms with Gasteiger partial charge in [0.05, 0.1) is 4.90 Å². The second kappa shape index (κ2) is 8.65. The van der Waals surface area contributed by atoms with E-state index in [4.69, 9.17) is 0 Å². The monoisotopic (exact) mass is 477 g/mol. The van der Waals surface area contributed by atoms with Crippen LogP contribution in [-0.2, 0) is 19.6 Å². The molecule has 6 rings (SSSR count). The minimum absolute atomic E-state index is 0.0744. The molecule has 33 heavy (non-hydrogen) atoms. The van der Waals surface area contributed by atoms with Crippen LogP contribution in [-0.4, -0.2) is 62.2 Å². The van der Waals surface area contributed by atoms with Gasteiger partial charge in [-0.15, -0.1) is 0 Å². The maximum Gasteiger partial charge on any atom is 0.243 e. The number of amides is 2. The van der Waals surface area contributed by atoms with Gasteiger partial charge >= 0.3 is 0 Å². The first kappa shape index (κ1) is 22.8. The molecule has 0 unspecified atom stereocenters. The van der Waals surface area contributed by atoms with Crippen LogP contribution in [0.1, 0.15) is 44.9 Å². The van der Waals surface area contributed by atoms with Gasteiger partial charge in [-0.25, -0.2) is 12.8 Å². The summed E-state index contributed by atoms with van der Waals surface area (Å²) < 4.78 is 40.2. The van der Waals surface area contributed by atoms with Gasteiger partial charge in [0.2, 0.25) is 21.8 Å². The first-order valence-electron chi connectivity index (χ1n) is 12.1. The van der Waals surface area contributed by atoms with Gasteiger partial charge in [0.25, 0.3) is 0 Å². The number of carbonyl (C=O) groups excluding carboxylic acids is 2. The van der Waals surface area contributed by atoms with Crippen molar-refractivity contribution in [1.29, 1.82) is 0 Å². The normalized spacial score (nSPS) is 31.5. The Bertz CT molecular complexity index is 1000. The van der Waals surface area contributed by atoms with Crippen molar-refractivity contribution in [3.05, 3.63) is 30.1 Å². The number of carbonyl (C=O) groups is 2. The Labute approximate surface area is 194 Å². The molecular weight excluding hydrogens is 445 g/mol. The van der Waals surface area contributed by atoms with Crippen LogP contribution in [0, 0.1) is 29.0 Å². The lowest BCUT2D eigenvalue weighted by Crippen LogP contribution is -2.54. The summed E-state index contributed by atoms with van der Waals surface area (Å²) in [4.78, 5) is 27.3. The summed E-state index contributed by atoms with van der Waals surface area (Å²) in [5.41, 5.74) is -0.214. The molecule has 1 saturated heterocycles. The molecule has 1 aromatic rings. The number of hydrogen-bond acceptors (Lipinski definition) is 4. The third-order valence-corrected chi connectivity index (χ3v) is 10.1. The molecule has 7 nitrogen and oxygen atoms in total. The number of nitrogens with zero attached hydrogens (tertiary/aromatic N) is 2. The molecular formula is C24H32FN3O4S. The lowest BCUT2D eigenvalue weighted by atomic mass is 9.49. The third kappa shape index (κ3) is 4.41. The molecule has 180 valence electrons. The summed E-state index contributed by atoms with van der Waals surface area (Å²) in [6.45, 7) is 1.24. The van der Waals surface area contributed by atoms with Crippen molar-refractivity contribution in [2.24, 2.45) is 23.2 Å². The fraction of sp³-hybridized carbons (Fsp3) is 0.667. The van der Waals surface area contributed by atoms with Gasteiger partial charge in [-0.1, -0.05) is 6.07 Å². The van der Waals surface area contributed by atoms with E-state index in [2.05, 4.69) is 5.32 Å². The zero-order valence-electron chi connectivity index (χ0n) is 18.8. The fourth-order valence-corrected chi connectivity index (χ4v) is 8.43. The standard InChI is InChI=1S/C24H32FN3O4S/c25-20-2-1-3-21(13-20)33(31,32)28-8-6-27(7-9-28)22(29)4-5-26-23(30)24-14-17-10-18(15-24)12-19(11-17)16-24/h1-3,13,17-19H,4-12,14-16H2,(H,26,30). The number of hydrogen-bond donors (Lipinski definition) is 1. The number of halogens is 1. The van der Waals surface area contributed by atoms with Crippen LogP contribution in [0.4, 0.5) is 4.39 Å². The third-order valence-electron chi connectivity index (χ3n) is 8.17. The Morgan fingerprint density at radius 2 is 1.61 bits per heavy atom. The van der Waals surface area contributed by atoms with Gasteiger partial charge in [-0.3, -0.25) is 9.59 Å². The highest BCUT2D eigenvalue weighted by atomic mass is 32.2. The minimum Gasteiger partial charge on any atom is -0.355 e. The zero-order chi connectivity index (χ0) is 23.2. The van der Waals surface area contributed by atoms with Crippen LogP contribution in [0.2, 0.25) is 0 Å². The SMILES string of the molecule is O=C(CCNC(=O)C12CC3CC(CC(C3)C1)C2)N1CCN(S(=O)(=O)c2cccc(F)c2)CC1. The molecule has 0 spiro atoms. The first-order valence-corrected chi connectivity index (χ1v) is 13.5. The van der Waals surface area contributed by atoms with E-state index in [1.165, 1.54) is 41.8 Å². The number of benzene rings is 1. The van der Waals surface area contributed by atoms with Crippen molar-refractivity contribution in [2.75, 3.05) is 32.7 Å². The van der Waals surface area contributed by atoms with Gasteiger partial charge in [0.15, 0.2) is 0 Å². The van der Waals surface area contributed by atoms with Crippen molar-refractivity contribution in [1.82, 2.24) is 14.5 Å². The molecule has 4 aliphatic carbocycles. The van der Waals surface area contributed by atoms with E-state index in [1.54, 1.807) is 4.90 Å². The summed E-state index contributed by atoms with van der Waals surface area (Å²) in [6, 6.07) is 4.97. The fourth-order valence-electron chi connectivity index (χ4n) is 6.97. The van der Waals surface area contributed by atoms with Crippen molar-refractivity contribution in [3.63, 3.8) is 0 Å². The van der Waals surface area contributed by atoms with Crippen LogP contribution in [0.3, 0.4) is 0 Å². The molecule has 0 aromatic heterocycles. The molecule has 0 atom stereocenters. The molecule has 1 N–H and O–H groups in total. The number of piperazine rings is 1. The lowest BCUT2D eigenvalue weighted by molar-refractivity contribution is -0.146. The van der Waals surface area contributed by atoms with Gasteiger partial charge in [-0.05, 0) is 74.5 Å². The quantitative estimate of drug-likeness (QED) is 0.682. The van der Waals surface area contributed by atoms with E-state index in [0.29, 0.717) is 24.3 Å². The first-order chi connectivity index (χ1) is 15.7. The summed E-state index contributed by atoms with van der Waals surface area (Å²) in [7, 11) is -3.79. The molecule has 9 heteroatoms. The second-order valence-corrected chi connectivity index (χ2v) is 12.4. The zero-order valence-corrected chi connectivity index (χ0v) is 19.7. The van der Waals surface area contributed by atoms with Gasteiger partial charge in [0.1, 0.15) is 5.82 Å². The van der Waals surface area contributed by atoms with Gasteiger partial charge < -0.3 is 10.2 Å². The molecule has 1 aromatic carbocycles. The summed E-state index contributed by atoms with van der Waals surface area (Å²) in [5, 5.41) is 3.04. The van der Waals surface area contributed by atoms with E-state index in [0.717, 1.165) is 25.3 Å². The van der Waals surface area contributed by atoms with Crippen LogP contribution in [0.25, 0.3) is 0 Å². The van der Waals surface area contributed by atoms with Crippen LogP contribution < -0.4 is 5.32 Å². The van der Waals surface area contributed by atoms with E-state index < -0.39 is 15.8 Å². The average molecular weight is 478 g/mol. The largest absolute Gasteiger partial charge is 0.355 e. The molecule has 1 aliphatic heterocycles. The number of sulfonamides is 1. The summed E-state index contributed by atoms with van der Waals surface area (Å²) >= 11 is 0. The molecule has 0 radical (unpaired) electrons. The Balaban J connectivity index is 1.09. The van der Waals surface area contributed by atoms with Gasteiger partial charge in [0, 0.05) is 44.6 Å². The molecule has 4 bridgehead atoms. The Morgan fingerprint density at radius 3 is 2.18 bits per heavy atom. The minimum atomic E-state index is -3.79. The molecule has 1 heterocycles. The Hall–Kier alpha value is -2.00. The van der Waals surface area contributed by atoms with Gasteiger partial charge in [-0.2, -0.15) is 4.31 Å². The maximum atomic E-state index is 13.5. The maximum absolute atomic E-state index is 13.5. The highest BCUT2D eigenvalue weighted by Gasteiger charge is 2.54. The second-order valence-electron chi connectivity index (χ2n) is 10.4. The Kier molecular flexibility index (Phi) is 5.97. The summed E-state index contributed by atoms with van der Waals surface area (Å²) in [5.74, 6) is 1.54. The van der Waals surface area contributed by atoms with E-state index in [9.17, 15) is 22.4 Å². The van der Waals surface area contributed by atoms with Crippen molar-refractivity contribution in [2.45, 2.75) is 49.8 Å². The molecule has 2 amide bonds. The number of rotatable bonds is 6. The molecule has 4 saturated carbocycles. The predicted octanol–water partition coefficient (Wildman–Crippen LogP) is 2.38. The van der Waals surface area contributed by atoms with Crippen molar-refractivity contribution in [3.8, 4) is 0 Å². The van der Waals surface area contributed by atoms with Crippen molar-refractivity contribution >= 4 is 21.8 Å². The lowest BCUT2D eigenvalue weighted by Gasteiger charge is -2.55. The van der Waals surface area contributed by atoms with E-state index in [1.807, 2.05) is 0 Å². The average Bonchev–Trinajstić information content (AvgIpc) is 2.78. The Morgan fingerprint density at radius 1 is 1.00 bits per heavy atom. The van der Waals surface area contributed by atoms with E-state index in [-0.39, 0.29) is 54.7 Å². The predicted molar refractivity (Wildman–Crippen MR) is 120 cm³/mol.